The van der Waals surface area contributed by atoms with Crippen LogP contribution >= 0.6 is 0 Å². The van der Waals surface area contributed by atoms with Crippen LogP contribution in [0.4, 0.5) is 0 Å². The average molecular weight is 339 g/mol. The van der Waals surface area contributed by atoms with Crippen LogP contribution in [0.15, 0.2) is 42.6 Å². The summed E-state index contributed by atoms with van der Waals surface area (Å²) in [6.07, 6.45) is 7.19. The average Bonchev–Trinajstić information content (AvgIpc) is 2.86. The largest absolute Gasteiger partial charge is 0.353 e. The molecule has 0 radical (unpaired) electrons. The van der Waals surface area contributed by atoms with E-state index in [-0.39, 0.29) is 11.9 Å². The van der Waals surface area contributed by atoms with Crippen LogP contribution in [0, 0.1) is 6.92 Å². The van der Waals surface area contributed by atoms with Crippen molar-refractivity contribution in [3.8, 4) is 0 Å². The zero-order valence-corrected chi connectivity index (χ0v) is 15.4. The molecule has 1 unspecified atom stereocenters. The van der Waals surface area contributed by atoms with Crippen molar-refractivity contribution >= 4 is 5.91 Å². The summed E-state index contributed by atoms with van der Waals surface area (Å²) in [7, 11) is 2.09. The number of hydrogen-bond acceptors (Lipinski definition) is 2. The number of rotatable bonds is 5. The van der Waals surface area contributed by atoms with E-state index in [1.54, 1.807) is 0 Å². The lowest BCUT2D eigenvalue weighted by molar-refractivity contribution is 0.0931. The third kappa shape index (κ3) is 4.51. The van der Waals surface area contributed by atoms with E-state index in [0.29, 0.717) is 6.54 Å². The van der Waals surface area contributed by atoms with Crippen molar-refractivity contribution in [1.29, 1.82) is 0 Å². The van der Waals surface area contributed by atoms with Crippen molar-refractivity contribution in [2.75, 3.05) is 19.6 Å². The summed E-state index contributed by atoms with van der Waals surface area (Å²) >= 11 is 0. The summed E-state index contributed by atoms with van der Waals surface area (Å²) in [5.41, 5.74) is 3.17. The number of nitrogens with one attached hydrogen (secondary N) is 1. The highest BCUT2D eigenvalue weighted by Gasteiger charge is 2.24. The summed E-state index contributed by atoms with van der Waals surface area (Å²) in [6, 6.07) is 12.3. The number of amides is 1. The molecule has 134 valence electrons. The van der Waals surface area contributed by atoms with E-state index in [1.165, 1.54) is 36.9 Å². The molecule has 4 nitrogen and oxygen atoms in total. The van der Waals surface area contributed by atoms with Crippen LogP contribution in [0.2, 0.25) is 0 Å². The highest BCUT2D eigenvalue weighted by molar-refractivity contribution is 5.94. The fourth-order valence-electron chi connectivity index (χ4n) is 3.64. The Balaban J connectivity index is 1.72. The molecule has 2 heterocycles. The highest BCUT2D eigenvalue weighted by Crippen LogP contribution is 2.24. The van der Waals surface area contributed by atoms with Gasteiger partial charge in [-0.05, 0) is 57.1 Å². The van der Waals surface area contributed by atoms with E-state index in [4.69, 9.17) is 0 Å². The second-order valence-electron chi connectivity index (χ2n) is 7.09. The van der Waals surface area contributed by atoms with E-state index in [9.17, 15) is 4.79 Å². The Labute approximate surface area is 150 Å². The summed E-state index contributed by atoms with van der Waals surface area (Å²) in [4.78, 5) is 15.1. The maximum Gasteiger partial charge on any atom is 0.251 e. The molecule has 1 aromatic heterocycles. The molecule has 1 aliphatic heterocycles. The lowest BCUT2D eigenvalue weighted by Crippen LogP contribution is -2.39. The van der Waals surface area contributed by atoms with Crippen LogP contribution in [0.5, 0.6) is 0 Å². The smallest absolute Gasteiger partial charge is 0.251 e. The van der Waals surface area contributed by atoms with Crippen LogP contribution in [0.1, 0.15) is 53.3 Å². The summed E-state index contributed by atoms with van der Waals surface area (Å²) in [5, 5.41) is 3.16. The quantitative estimate of drug-likeness (QED) is 0.902. The molecule has 25 heavy (non-hydrogen) atoms. The predicted molar refractivity (Wildman–Crippen MR) is 102 cm³/mol. The molecule has 1 atom stereocenters. The van der Waals surface area contributed by atoms with Crippen molar-refractivity contribution in [2.45, 2.75) is 38.6 Å². The van der Waals surface area contributed by atoms with Crippen molar-refractivity contribution in [1.82, 2.24) is 14.8 Å². The number of aromatic nitrogens is 1. The van der Waals surface area contributed by atoms with Gasteiger partial charge in [-0.1, -0.05) is 30.5 Å². The molecule has 0 aliphatic carbocycles. The van der Waals surface area contributed by atoms with Crippen molar-refractivity contribution in [2.24, 2.45) is 7.05 Å². The lowest BCUT2D eigenvalue weighted by Gasteiger charge is -2.31. The van der Waals surface area contributed by atoms with Crippen LogP contribution in [0.25, 0.3) is 0 Å². The highest BCUT2D eigenvalue weighted by atomic mass is 16.1. The minimum absolute atomic E-state index is 0.00836. The first-order chi connectivity index (χ1) is 12.1. The molecule has 3 rings (SSSR count). The molecule has 1 saturated heterocycles. The molecule has 0 spiro atoms. The number of carbonyl (C=O) groups is 1. The molecule has 0 saturated carbocycles. The van der Waals surface area contributed by atoms with Crippen molar-refractivity contribution in [3.63, 3.8) is 0 Å². The van der Waals surface area contributed by atoms with Crippen LogP contribution < -0.4 is 5.32 Å². The number of likely N-dealkylation sites (tertiary alicyclic amines) is 1. The lowest BCUT2D eigenvalue weighted by atomic mass is 10.1. The number of carbonyl (C=O) groups excluding carboxylic acids is 1. The van der Waals surface area contributed by atoms with Gasteiger partial charge in [-0.2, -0.15) is 0 Å². The second kappa shape index (κ2) is 8.34. The SMILES string of the molecule is Cc1ccc(C(=O)NCC(c2cccn2C)N2CCCCCC2)cc1. The molecule has 2 aromatic rings. The summed E-state index contributed by atoms with van der Waals surface area (Å²) < 4.78 is 2.17. The first kappa shape index (κ1) is 17.7. The van der Waals surface area contributed by atoms with Gasteiger partial charge in [0, 0.05) is 31.0 Å². The third-order valence-electron chi connectivity index (χ3n) is 5.18. The Morgan fingerprint density at radius 2 is 1.76 bits per heavy atom. The van der Waals surface area contributed by atoms with Crippen LogP contribution in [-0.4, -0.2) is 35.0 Å². The number of aryl methyl sites for hydroxylation is 2. The molecule has 1 aliphatic rings. The second-order valence-corrected chi connectivity index (χ2v) is 7.09. The van der Waals surface area contributed by atoms with Gasteiger partial charge in [0.05, 0.1) is 6.04 Å². The maximum absolute atomic E-state index is 12.5. The normalized spacial score (nSPS) is 17.0. The Bertz CT molecular complexity index is 681. The van der Waals surface area contributed by atoms with Gasteiger partial charge in [-0.25, -0.2) is 0 Å². The van der Waals surface area contributed by atoms with E-state index in [2.05, 4.69) is 40.2 Å². The van der Waals surface area contributed by atoms with Gasteiger partial charge in [-0.15, -0.1) is 0 Å². The summed E-state index contributed by atoms with van der Waals surface area (Å²) in [5.74, 6) is 0.00836. The maximum atomic E-state index is 12.5. The zero-order chi connectivity index (χ0) is 17.6. The van der Waals surface area contributed by atoms with Crippen molar-refractivity contribution < 1.29 is 4.79 Å². The van der Waals surface area contributed by atoms with Crippen LogP contribution in [-0.2, 0) is 7.05 Å². The minimum Gasteiger partial charge on any atom is -0.353 e. The van der Waals surface area contributed by atoms with Gasteiger partial charge in [-0.3, -0.25) is 9.69 Å². The zero-order valence-electron chi connectivity index (χ0n) is 15.4. The fraction of sp³-hybridized carbons (Fsp3) is 0.476. The van der Waals surface area contributed by atoms with Gasteiger partial charge in [0.15, 0.2) is 0 Å². The number of nitrogens with zero attached hydrogens (tertiary/aromatic N) is 2. The predicted octanol–water partition coefficient (Wildman–Crippen LogP) is 3.68. The summed E-state index contributed by atoms with van der Waals surface area (Å²) in [6.45, 7) is 4.89. The molecule has 1 amide bonds. The van der Waals surface area contributed by atoms with E-state index in [0.717, 1.165) is 18.7 Å². The Kier molecular flexibility index (Phi) is 5.92. The first-order valence-electron chi connectivity index (χ1n) is 9.35. The minimum atomic E-state index is 0.00836. The monoisotopic (exact) mass is 339 g/mol. The molecule has 4 heteroatoms. The first-order valence-corrected chi connectivity index (χ1v) is 9.35. The van der Waals surface area contributed by atoms with Gasteiger partial charge in [0.2, 0.25) is 0 Å². The van der Waals surface area contributed by atoms with Gasteiger partial charge in [0.25, 0.3) is 5.91 Å². The molecule has 0 bridgehead atoms. The fourth-order valence-corrected chi connectivity index (χ4v) is 3.64. The van der Waals surface area contributed by atoms with Gasteiger partial charge < -0.3 is 9.88 Å². The molecular formula is C21H29N3O. The van der Waals surface area contributed by atoms with E-state index < -0.39 is 0 Å². The molecule has 1 aromatic carbocycles. The third-order valence-corrected chi connectivity index (χ3v) is 5.18. The topological polar surface area (TPSA) is 37.3 Å². The molecule has 1 N–H and O–H groups in total. The van der Waals surface area contributed by atoms with Gasteiger partial charge >= 0.3 is 0 Å². The standard InChI is InChI=1S/C21H29N3O/c1-17-9-11-18(12-10-17)21(25)22-16-20(19-8-7-13-23(19)2)24-14-5-3-4-6-15-24/h7-13,20H,3-6,14-16H2,1-2H3,(H,22,25). The van der Waals surface area contributed by atoms with Crippen LogP contribution in [0.3, 0.4) is 0 Å². The number of hydrogen-bond donors (Lipinski definition) is 1. The Morgan fingerprint density at radius 3 is 2.36 bits per heavy atom. The van der Waals surface area contributed by atoms with E-state index in [1.807, 2.05) is 31.2 Å². The molecule has 1 fully saturated rings. The van der Waals surface area contributed by atoms with Crippen molar-refractivity contribution in [3.05, 3.63) is 59.4 Å². The van der Waals surface area contributed by atoms with E-state index >= 15 is 0 Å². The Morgan fingerprint density at radius 1 is 1.08 bits per heavy atom. The Hall–Kier alpha value is -2.07. The number of benzene rings is 1. The van der Waals surface area contributed by atoms with Gasteiger partial charge in [0.1, 0.15) is 0 Å². The molecular weight excluding hydrogens is 310 g/mol.